The molecule has 0 saturated heterocycles. The number of anilines is 1. The number of aryl methyl sites for hydroxylation is 1. The summed E-state index contributed by atoms with van der Waals surface area (Å²) in [5, 5.41) is 2.74. The van der Waals surface area contributed by atoms with Gasteiger partial charge in [0.25, 0.3) is 0 Å². The second-order valence-electron chi connectivity index (χ2n) is 6.51. The Morgan fingerprint density at radius 1 is 1.30 bits per heavy atom. The van der Waals surface area contributed by atoms with Gasteiger partial charge in [-0.3, -0.25) is 4.79 Å². The number of nitrogens with one attached hydrogen (secondary N) is 1. The molecule has 0 bridgehead atoms. The van der Waals surface area contributed by atoms with Crippen molar-refractivity contribution in [2.75, 3.05) is 18.9 Å². The molecule has 23 heavy (non-hydrogen) atoms. The molecule has 0 aliphatic carbocycles. The van der Waals surface area contributed by atoms with E-state index in [0.29, 0.717) is 24.2 Å². The van der Waals surface area contributed by atoms with Gasteiger partial charge in [-0.2, -0.15) is 0 Å². The third kappa shape index (κ3) is 7.13. The molecule has 5 nitrogen and oxygen atoms in total. The normalized spacial score (nSPS) is 11.0. The van der Waals surface area contributed by atoms with Crippen LogP contribution in [-0.4, -0.2) is 36.1 Å². The van der Waals surface area contributed by atoms with Gasteiger partial charge in [0.05, 0.1) is 0 Å². The van der Waals surface area contributed by atoms with Crippen LogP contribution in [-0.2, 0) is 9.53 Å². The van der Waals surface area contributed by atoms with E-state index in [1.165, 1.54) is 23.1 Å². The molecule has 0 saturated carbocycles. The lowest BCUT2D eigenvalue weighted by Crippen LogP contribution is -2.35. The maximum Gasteiger partial charge on any atom is 0.410 e. The topological polar surface area (TPSA) is 58.6 Å². The Bertz CT molecular complexity index is 567. The molecule has 0 aromatic heterocycles. The van der Waals surface area contributed by atoms with E-state index < -0.39 is 11.7 Å². The highest BCUT2D eigenvalue weighted by Gasteiger charge is 2.19. The molecule has 1 aromatic carbocycles. The molecular weight excluding hydrogens is 299 g/mol. The Balaban J connectivity index is 2.37. The van der Waals surface area contributed by atoms with Crippen LogP contribution in [0.3, 0.4) is 0 Å². The Morgan fingerprint density at radius 3 is 2.52 bits per heavy atom. The van der Waals surface area contributed by atoms with E-state index >= 15 is 0 Å². The second kappa shape index (κ2) is 7.94. The molecular formula is C17H25FN2O3. The van der Waals surface area contributed by atoms with E-state index in [0.717, 1.165) is 0 Å². The first-order valence-electron chi connectivity index (χ1n) is 7.58. The monoisotopic (exact) mass is 324 g/mol. The molecule has 0 unspecified atom stereocenters. The largest absolute Gasteiger partial charge is 0.444 e. The second-order valence-corrected chi connectivity index (χ2v) is 6.51. The molecule has 0 radical (unpaired) electrons. The zero-order valence-corrected chi connectivity index (χ0v) is 14.4. The Labute approximate surface area is 136 Å². The first-order chi connectivity index (χ1) is 10.6. The van der Waals surface area contributed by atoms with Gasteiger partial charge < -0.3 is 15.0 Å². The average Bonchev–Trinajstić information content (AvgIpc) is 2.40. The lowest BCUT2D eigenvalue weighted by molar-refractivity contribution is -0.116. The third-order valence-electron chi connectivity index (χ3n) is 3.07. The Hall–Kier alpha value is -2.11. The molecule has 0 fully saturated rings. The maximum atomic E-state index is 13.0. The molecule has 0 aliphatic heterocycles. The highest BCUT2D eigenvalue weighted by Crippen LogP contribution is 2.16. The molecule has 2 amide bonds. The summed E-state index contributed by atoms with van der Waals surface area (Å²) < 4.78 is 18.2. The van der Waals surface area contributed by atoms with E-state index in [1.807, 2.05) is 0 Å². The number of amides is 2. The van der Waals surface area contributed by atoms with E-state index in [9.17, 15) is 14.0 Å². The number of rotatable bonds is 5. The van der Waals surface area contributed by atoms with Gasteiger partial charge in [0.1, 0.15) is 11.4 Å². The summed E-state index contributed by atoms with van der Waals surface area (Å²) in [6, 6.07) is 4.21. The van der Waals surface area contributed by atoms with Crippen molar-refractivity contribution in [3.05, 3.63) is 29.6 Å². The van der Waals surface area contributed by atoms with E-state index in [4.69, 9.17) is 4.74 Å². The van der Waals surface area contributed by atoms with Crippen LogP contribution in [0.4, 0.5) is 14.9 Å². The van der Waals surface area contributed by atoms with Crippen LogP contribution in [0.25, 0.3) is 0 Å². The summed E-state index contributed by atoms with van der Waals surface area (Å²) in [6.45, 7) is 7.56. The van der Waals surface area contributed by atoms with Crippen molar-refractivity contribution in [3.63, 3.8) is 0 Å². The lowest BCUT2D eigenvalue weighted by Gasteiger charge is -2.24. The van der Waals surface area contributed by atoms with Gasteiger partial charge in [0.15, 0.2) is 0 Å². The van der Waals surface area contributed by atoms with Gasteiger partial charge >= 0.3 is 6.09 Å². The fraction of sp³-hybridized carbons (Fsp3) is 0.529. The highest BCUT2D eigenvalue weighted by molar-refractivity contribution is 5.91. The van der Waals surface area contributed by atoms with Crippen LogP contribution in [0.2, 0.25) is 0 Å². The molecule has 1 N–H and O–H groups in total. The van der Waals surface area contributed by atoms with Crippen molar-refractivity contribution < 1.29 is 18.7 Å². The van der Waals surface area contributed by atoms with Crippen molar-refractivity contribution in [1.82, 2.24) is 4.90 Å². The number of nitrogens with zero attached hydrogens (tertiary/aromatic N) is 1. The van der Waals surface area contributed by atoms with Crippen molar-refractivity contribution in [1.29, 1.82) is 0 Å². The van der Waals surface area contributed by atoms with Crippen LogP contribution >= 0.6 is 0 Å². The minimum atomic E-state index is -0.539. The summed E-state index contributed by atoms with van der Waals surface area (Å²) >= 11 is 0. The SMILES string of the molecule is Cc1cc(F)ccc1NC(=O)CCCN(C)C(=O)OC(C)(C)C. The predicted octanol–water partition coefficient (Wildman–Crippen LogP) is 3.72. The minimum Gasteiger partial charge on any atom is -0.444 e. The van der Waals surface area contributed by atoms with Gasteiger partial charge in [0.2, 0.25) is 5.91 Å². The molecule has 6 heteroatoms. The summed E-state index contributed by atoms with van der Waals surface area (Å²) in [4.78, 5) is 25.1. The van der Waals surface area contributed by atoms with Crippen molar-refractivity contribution in [2.24, 2.45) is 0 Å². The van der Waals surface area contributed by atoms with Crippen molar-refractivity contribution >= 4 is 17.7 Å². The molecule has 0 spiro atoms. The zero-order valence-electron chi connectivity index (χ0n) is 14.4. The number of carbonyl (C=O) groups excluding carboxylic acids is 2. The number of ether oxygens (including phenoxy) is 1. The average molecular weight is 324 g/mol. The number of benzene rings is 1. The summed E-state index contributed by atoms with van der Waals surface area (Å²) in [7, 11) is 1.64. The first kappa shape index (κ1) is 18.9. The predicted molar refractivity (Wildman–Crippen MR) is 87.9 cm³/mol. The van der Waals surface area contributed by atoms with Gasteiger partial charge in [-0.25, -0.2) is 9.18 Å². The minimum absolute atomic E-state index is 0.169. The van der Waals surface area contributed by atoms with Crippen LogP contribution in [0.15, 0.2) is 18.2 Å². The van der Waals surface area contributed by atoms with Crippen LogP contribution in [0, 0.1) is 12.7 Å². The Kier molecular flexibility index (Phi) is 6.54. The van der Waals surface area contributed by atoms with E-state index in [2.05, 4.69) is 5.32 Å². The molecule has 128 valence electrons. The molecule has 0 heterocycles. The van der Waals surface area contributed by atoms with Crippen molar-refractivity contribution in [2.45, 2.75) is 46.1 Å². The van der Waals surface area contributed by atoms with Crippen molar-refractivity contribution in [3.8, 4) is 0 Å². The van der Waals surface area contributed by atoms with Crippen LogP contribution in [0.5, 0.6) is 0 Å². The zero-order chi connectivity index (χ0) is 17.6. The first-order valence-corrected chi connectivity index (χ1v) is 7.58. The molecule has 0 aliphatic rings. The van der Waals surface area contributed by atoms with E-state index in [1.54, 1.807) is 34.7 Å². The number of carbonyl (C=O) groups is 2. The third-order valence-corrected chi connectivity index (χ3v) is 3.07. The standard InChI is InChI=1S/C17H25FN2O3/c1-12-11-13(18)8-9-14(12)19-15(21)7-6-10-20(5)16(22)23-17(2,3)4/h8-9,11H,6-7,10H2,1-5H3,(H,19,21). The summed E-state index contributed by atoms with van der Waals surface area (Å²) in [6.07, 6.45) is 0.374. The fourth-order valence-corrected chi connectivity index (χ4v) is 1.89. The molecule has 1 aromatic rings. The number of halogens is 1. The summed E-state index contributed by atoms with van der Waals surface area (Å²) in [5.74, 6) is -0.503. The Morgan fingerprint density at radius 2 is 1.96 bits per heavy atom. The smallest absolute Gasteiger partial charge is 0.410 e. The van der Waals surface area contributed by atoms with Crippen LogP contribution < -0.4 is 5.32 Å². The molecule has 1 rings (SSSR count). The van der Waals surface area contributed by atoms with Gasteiger partial charge in [-0.15, -0.1) is 0 Å². The number of hydrogen-bond donors (Lipinski definition) is 1. The summed E-state index contributed by atoms with van der Waals surface area (Å²) in [5.41, 5.74) is 0.726. The quantitative estimate of drug-likeness (QED) is 0.898. The lowest BCUT2D eigenvalue weighted by atomic mass is 10.2. The van der Waals surface area contributed by atoms with Gasteiger partial charge in [-0.05, 0) is 57.9 Å². The van der Waals surface area contributed by atoms with Gasteiger partial charge in [0, 0.05) is 25.7 Å². The molecule has 0 atom stereocenters. The van der Waals surface area contributed by atoms with Gasteiger partial charge in [-0.1, -0.05) is 0 Å². The van der Waals surface area contributed by atoms with Crippen LogP contribution in [0.1, 0.15) is 39.2 Å². The number of hydrogen-bond acceptors (Lipinski definition) is 3. The maximum absolute atomic E-state index is 13.0. The van der Waals surface area contributed by atoms with E-state index in [-0.39, 0.29) is 18.1 Å². The fourth-order valence-electron chi connectivity index (χ4n) is 1.89. The highest BCUT2D eigenvalue weighted by atomic mass is 19.1.